The number of benzene rings is 1. The third-order valence-corrected chi connectivity index (χ3v) is 10.6. The largest absolute Gasteiger partial charge is 0.379 e. The third-order valence-electron chi connectivity index (χ3n) is 10.6. The molecule has 0 unspecified atom stereocenters. The number of methoxy groups -OCH3 is 2. The number of amides is 4. The molecule has 55 heavy (non-hydrogen) atoms. The minimum Gasteiger partial charge on any atom is -0.379 e. The summed E-state index contributed by atoms with van der Waals surface area (Å²) in [5.74, 6) is 4.06. The lowest BCUT2D eigenvalue weighted by atomic mass is 9.89. The second kappa shape index (κ2) is 23.3. The fourth-order valence-corrected chi connectivity index (χ4v) is 7.48. The number of hydrogen-bond donors (Lipinski definition) is 3. The van der Waals surface area contributed by atoms with E-state index in [1.165, 1.54) is 0 Å². The van der Waals surface area contributed by atoms with Gasteiger partial charge in [-0.15, -0.1) is 0 Å². The molecule has 1 heterocycles. The van der Waals surface area contributed by atoms with Crippen LogP contribution in [0.2, 0.25) is 0 Å². The van der Waals surface area contributed by atoms with Crippen molar-refractivity contribution < 1.29 is 33.5 Å². The molecule has 1 aromatic carbocycles. The summed E-state index contributed by atoms with van der Waals surface area (Å²) in [6.07, 6.45) is 1.24. The van der Waals surface area contributed by atoms with Crippen LogP contribution in [-0.4, -0.2) is 155 Å². The molecule has 312 valence electrons. The molecule has 8 atom stereocenters. The topological polar surface area (TPSA) is 171 Å². The van der Waals surface area contributed by atoms with E-state index < -0.39 is 36.3 Å². The van der Waals surface area contributed by atoms with E-state index >= 15 is 0 Å². The van der Waals surface area contributed by atoms with Gasteiger partial charge in [-0.25, -0.2) is 10.9 Å². The molecule has 0 aromatic heterocycles. The summed E-state index contributed by atoms with van der Waals surface area (Å²) in [4.78, 5) is 72.3. The Morgan fingerprint density at radius 3 is 2.13 bits per heavy atom. The molecular formula is C40H70N8O7. The Morgan fingerprint density at radius 2 is 1.60 bits per heavy atom. The van der Waals surface area contributed by atoms with E-state index in [9.17, 15) is 19.2 Å². The van der Waals surface area contributed by atoms with Crippen LogP contribution in [0.1, 0.15) is 65.9 Å². The number of carbonyl (C=O) groups is 4. The predicted octanol–water partition coefficient (Wildman–Crippen LogP) is 2.14. The van der Waals surface area contributed by atoms with E-state index in [1.807, 2.05) is 82.2 Å². The van der Waals surface area contributed by atoms with Gasteiger partial charge in [0.15, 0.2) is 5.96 Å². The van der Waals surface area contributed by atoms with Crippen LogP contribution < -0.4 is 16.5 Å². The Bertz CT molecular complexity index is 1370. The average Bonchev–Trinajstić information content (AvgIpc) is 3.64. The molecule has 1 aromatic rings. The number of nitrogens with two attached hydrogens (primary N) is 1. The summed E-state index contributed by atoms with van der Waals surface area (Å²) >= 11 is 0. The van der Waals surface area contributed by atoms with Crippen LogP contribution in [0.3, 0.4) is 0 Å². The lowest BCUT2D eigenvalue weighted by Crippen LogP contribution is -2.55. The normalized spacial score (nSPS) is 18.0. The number of hydrogen-bond acceptors (Lipinski definition) is 9. The molecule has 1 saturated heterocycles. The van der Waals surface area contributed by atoms with E-state index in [-0.39, 0.29) is 67.5 Å². The molecule has 1 fully saturated rings. The Balaban J connectivity index is 2.31. The Kier molecular flexibility index (Phi) is 20.1. The van der Waals surface area contributed by atoms with Gasteiger partial charge in [0, 0.05) is 69.0 Å². The zero-order valence-electron chi connectivity index (χ0n) is 35.4. The van der Waals surface area contributed by atoms with Gasteiger partial charge in [-0.2, -0.15) is 0 Å². The summed E-state index contributed by atoms with van der Waals surface area (Å²) < 4.78 is 12.0. The van der Waals surface area contributed by atoms with E-state index in [1.54, 1.807) is 38.0 Å². The summed E-state index contributed by atoms with van der Waals surface area (Å²) in [5.41, 5.74) is 0.886. The van der Waals surface area contributed by atoms with Crippen molar-refractivity contribution in [3.8, 4) is 0 Å². The highest BCUT2D eigenvalue weighted by Gasteiger charge is 2.43. The van der Waals surface area contributed by atoms with Crippen LogP contribution in [0.15, 0.2) is 35.3 Å². The molecule has 15 heteroatoms. The van der Waals surface area contributed by atoms with Gasteiger partial charge in [0.05, 0.1) is 43.2 Å². The van der Waals surface area contributed by atoms with E-state index in [0.29, 0.717) is 18.9 Å². The summed E-state index contributed by atoms with van der Waals surface area (Å²) in [6, 6.07) is 7.16. The first kappa shape index (κ1) is 47.4. The zero-order valence-corrected chi connectivity index (χ0v) is 35.4. The van der Waals surface area contributed by atoms with Crippen molar-refractivity contribution in [2.75, 3.05) is 69.2 Å². The van der Waals surface area contributed by atoms with Crippen molar-refractivity contribution in [3.63, 3.8) is 0 Å². The van der Waals surface area contributed by atoms with E-state index in [4.69, 9.17) is 20.4 Å². The molecule has 0 saturated carbocycles. The Morgan fingerprint density at radius 1 is 0.964 bits per heavy atom. The van der Waals surface area contributed by atoms with Crippen LogP contribution >= 0.6 is 0 Å². The smallest absolute Gasteiger partial charge is 0.247 e. The number of carbonyl (C=O) groups excluding carboxylic acids is 4. The van der Waals surface area contributed by atoms with Gasteiger partial charge in [0.25, 0.3) is 0 Å². The number of rotatable bonds is 21. The second-order valence-electron chi connectivity index (χ2n) is 15.4. The molecule has 0 spiro atoms. The highest BCUT2D eigenvalue weighted by molar-refractivity contribution is 5.89. The predicted molar refractivity (Wildman–Crippen MR) is 215 cm³/mol. The fourth-order valence-electron chi connectivity index (χ4n) is 7.48. The number of nitrogens with one attached hydrogen (secondary N) is 2. The van der Waals surface area contributed by atoms with Gasteiger partial charge in [0.2, 0.25) is 23.6 Å². The van der Waals surface area contributed by atoms with E-state index in [0.717, 1.165) is 18.4 Å². The minimum atomic E-state index is -0.855. The third kappa shape index (κ3) is 13.4. The molecule has 4 amide bonds. The number of likely N-dealkylation sites (N-methyl/N-ethyl adjacent to an activating group) is 1. The lowest BCUT2D eigenvalue weighted by Gasteiger charge is -2.40. The first-order valence-corrected chi connectivity index (χ1v) is 19.5. The lowest BCUT2D eigenvalue weighted by molar-refractivity contribution is -0.146. The molecular weight excluding hydrogens is 704 g/mol. The molecule has 1 aliphatic heterocycles. The van der Waals surface area contributed by atoms with E-state index in [2.05, 4.69) is 29.3 Å². The fraction of sp³-hybridized carbons (Fsp3) is 0.725. The zero-order chi connectivity index (χ0) is 41.4. The standard InChI is InChI=1S/C40H70N8O7/c1-13-27(4)35(47(10)39(52)34(26(2)3)44-40(45(6)7)46(8)9)32(53-11)25-33(49)48-22-17-20-31(48)36(54-12)28(5)37(50)43-30(38(51)42-21-23-55-41)24-29-18-15-14-16-19-29/h14-16,18-19,26-28,30-32,34-36H,13,17,20-25,41H2,1-12H3,(H,42,51)(H,43,50)/t27-,28+,30-,31-,32-,34-,35-,36+/m0/s1. The molecule has 2 rings (SSSR count). The molecule has 0 radical (unpaired) electrons. The average molecular weight is 775 g/mol. The van der Waals surface area contributed by atoms with Crippen molar-refractivity contribution in [2.24, 2.45) is 28.6 Å². The highest BCUT2D eigenvalue weighted by atomic mass is 16.6. The SMILES string of the molecule is CC[C@H](C)[C@@H]([C@H](CC(=O)N1CCC[C@H]1[C@H](OC)[C@@H](C)C(=O)N[C@@H](Cc1ccccc1)C(=O)NCCON)OC)N(C)C(=O)[C@@H](N=C(N(C)C)N(C)C)C(C)C. The molecule has 15 nitrogen and oxygen atoms in total. The van der Waals surface area contributed by atoms with Gasteiger partial charge >= 0.3 is 0 Å². The maximum atomic E-state index is 14.3. The molecule has 0 aliphatic carbocycles. The monoisotopic (exact) mass is 775 g/mol. The van der Waals surface area contributed by atoms with Crippen molar-refractivity contribution in [2.45, 2.75) is 103 Å². The summed E-state index contributed by atoms with van der Waals surface area (Å²) in [6.45, 7) is 10.7. The number of ether oxygens (including phenoxy) is 2. The summed E-state index contributed by atoms with van der Waals surface area (Å²) in [5, 5.41) is 5.70. The van der Waals surface area contributed by atoms with Crippen LogP contribution in [-0.2, 0) is 39.9 Å². The van der Waals surface area contributed by atoms with Crippen LogP contribution in [0.5, 0.6) is 0 Å². The van der Waals surface area contributed by atoms with Crippen molar-refractivity contribution >= 4 is 29.6 Å². The molecule has 0 bridgehead atoms. The molecule has 4 N–H and O–H groups in total. The number of nitrogens with zero attached hydrogens (tertiary/aromatic N) is 5. The summed E-state index contributed by atoms with van der Waals surface area (Å²) in [7, 11) is 12.5. The quantitative estimate of drug-likeness (QED) is 0.0728. The number of guanidine groups is 1. The number of aliphatic imine (C=N–C) groups is 1. The van der Waals surface area contributed by atoms with Gasteiger partial charge in [0.1, 0.15) is 12.1 Å². The van der Waals surface area contributed by atoms with Gasteiger partial charge in [-0.3, -0.25) is 19.2 Å². The van der Waals surface area contributed by atoms with Gasteiger partial charge in [-0.05, 0) is 30.2 Å². The maximum absolute atomic E-state index is 14.3. The van der Waals surface area contributed by atoms with Crippen molar-refractivity contribution in [3.05, 3.63) is 35.9 Å². The first-order valence-electron chi connectivity index (χ1n) is 19.5. The van der Waals surface area contributed by atoms with Gasteiger partial charge in [-0.1, -0.05) is 71.4 Å². The molecule has 1 aliphatic rings. The first-order chi connectivity index (χ1) is 26.0. The Hall–Kier alpha value is -3.79. The Labute approximate surface area is 329 Å². The van der Waals surface area contributed by atoms with Crippen molar-refractivity contribution in [1.82, 2.24) is 30.2 Å². The second-order valence-corrected chi connectivity index (χ2v) is 15.4. The van der Waals surface area contributed by atoms with Gasteiger partial charge < -0.3 is 44.5 Å². The highest BCUT2D eigenvalue weighted by Crippen LogP contribution is 2.30. The van der Waals surface area contributed by atoms with Crippen LogP contribution in [0.25, 0.3) is 0 Å². The van der Waals surface area contributed by atoms with Crippen LogP contribution in [0, 0.1) is 17.8 Å². The van der Waals surface area contributed by atoms with Crippen molar-refractivity contribution in [1.29, 1.82) is 0 Å². The number of likely N-dealkylation sites (tertiary alicyclic amines) is 1. The maximum Gasteiger partial charge on any atom is 0.247 e. The minimum absolute atomic E-state index is 0.0133. The van der Waals surface area contributed by atoms with Crippen LogP contribution in [0.4, 0.5) is 0 Å².